The molecule has 1 aliphatic rings. The van der Waals surface area contributed by atoms with E-state index in [0.717, 1.165) is 24.3 Å². The molecule has 2 rings (SSSR count). The number of carboxylic acid groups (broad SMARTS) is 1. The van der Waals surface area contributed by atoms with Crippen LogP contribution in [0.25, 0.3) is 0 Å². The molecule has 0 radical (unpaired) electrons. The highest BCUT2D eigenvalue weighted by Crippen LogP contribution is 2.34. The molecule has 0 saturated heterocycles. The maximum absolute atomic E-state index is 12.4. The third-order valence-electron chi connectivity index (χ3n) is 4.86. The molecule has 1 aromatic heterocycles. The van der Waals surface area contributed by atoms with Gasteiger partial charge in [-0.15, -0.1) is 11.3 Å². The van der Waals surface area contributed by atoms with Crippen molar-refractivity contribution in [3.05, 3.63) is 16.1 Å². The molecule has 5 nitrogen and oxygen atoms in total. The van der Waals surface area contributed by atoms with Crippen molar-refractivity contribution in [3.63, 3.8) is 0 Å². The standard InChI is InChI=1S/C18H28N2O3S/c1-5-12-6-8-18(9-7-12,16(22)23)20-14(21)10-13-11-24-15(19-13)17(2,3)4/h11-12H,5-10H2,1-4H3,(H,20,21)(H,22,23). The van der Waals surface area contributed by atoms with E-state index in [0.29, 0.717) is 24.5 Å². The number of carboxylic acids is 1. The Morgan fingerprint density at radius 2 is 2.00 bits per heavy atom. The van der Waals surface area contributed by atoms with E-state index in [-0.39, 0.29) is 17.7 Å². The molecule has 1 aromatic rings. The van der Waals surface area contributed by atoms with Crippen molar-refractivity contribution in [2.24, 2.45) is 5.92 Å². The number of thiazole rings is 1. The Balaban J connectivity index is 2.01. The van der Waals surface area contributed by atoms with Gasteiger partial charge in [0.1, 0.15) is 5.54 Å². The summed E-state index contributed by atoms with van der Waals surface area (Å²) in [5.41, 5.74) is -0.434. The maximum atomic E-state index is 12.4. The van der Waals surface area contributed by atoms with Crippen molar-refractivity contribution in [1.29, 1.82) is 0 Å². The summed E-state index contributed by atoms with van der Waals surface area (Å²) < 4.78 is 0. The summed E-state index contributed by atoms with van der Waals surface area (Å²) in [4.78, 5) is 28.7. The molecule has 0 unspecified atom stereocenters. The van der Waals surface area contributed by atoms with Gasteiger partial charge in [0.25, 0.3) is 0 Å². The van der Waals surface area contributed by atoms with Gasteiger partial charge in [0.2, 0.25) is 5.91 Å². The Morgan fingerprint density at radius 1 is 1.38 bits per heavy atom. The van der Waals surface area contributed by atoms with E-state index < -0.39 is 11.5 Å². The minimum atomic E-state index is -1.11. The lowest BCUT2D eigenvalue weighted by Crippen LogP contribution is -2.56. The van der Waals surface area contributed by atoms with Gasteiger partial charge in [0.05, 0.1) is 17.1 Å². The van der Waals surface area contributed by atoms with Crippen molar-refractivity contribution in [3.8, 4) is 0 Å². The SMILES string of the molecule is CCC1CCC(NC(=O)Cc2csc(C(C)(C)C)n2)(C(=O)O)CC1. The second-order valence-corrected chi connectivity index (χ2v) is 8.72. The molecule has 1 aliphatic carbocycles. The van der Waals surface area contributed by atoms with E-state index in [2.05, 4.69) is 38.0 Å². The highest BCUT2D eigenvalue weighted by molar-refractivity contribution is 7.09. The molecule has 0 aromatic carbocycles. The van der Waals surface area contributed by atoms with Gasteiger partial charge in [0, 0.05) is 10.8 Å². The molecule has 0 spiro atoms. The Hall–Kier alpha value is -1.43. The Kier molecular flexibility index (Phi) is 5.68. The average molecular weight is 353 g/mol. The number of aliphatic carboxylic acids is 1. The molecular weight excluding hydrogens is 324 g/mol. The van der Waals surface area contributed by atoms with E-state index >= 15 is 0 Å². The average Bonchev–Trinajstić information content (AvgIpc) is 2.96. The number of nitrogens with zero attached hydrogens (tertiary/aromatic N) is 1. The van der Waals surface area contributed by atoms with Crippen LogP contribution in [0.1, 0.15) is 70.5 Å². The van der Waals surface area contributed by atoms with E-state index in [9.17, 15) is 14.7 Å². The van der Waals surface area contributed by atoms with Gasteiger partial charge in [-0.05, 0) is 31.6 Å². The molecule has 1 heterocycles. The molecule has 1 saturated carbocycles. The smallest absolute Gasteiger partial charge is 0.329 e. The van der Waals surface area contributed by atoms with Crippen molar-refractivity contribution >= 4 is 23.2 Å². The molecule has 2 N–H and O–H groups in total. The summed E-state index contributed by atoms with van der Waals surface area (Å²) >= 11 is 1.55. The number of carbonyl (C=O) groups is 2. The zero-order chi connectivity index (χ0) is 18.0. The van der Waals surface area contributed by atoms with E-state index in [1.165, 1.54) is 0 Å². The van der Waals surface area contributed by atoms with Crippen LogP contribution in [0.4, 0.5) is 0 Å². The zero-order valence-corrected chi connectivity index (χ0v) is 15.8. The predicted octanol–water partition coefficient (Wildman–Crippen LogP) is 3.52. The van der Waals surface area contributed by atoms with Gasteiger partial charge in [-0.25, -0.2) is 9.78 Å². The van der Waals surface area contributed by atoms with Crippen LogP contribution in [-0.4, -0.2) is 27.5 Å². The third kappa shape index (κ3) is 4.35. The minimum absolute atomic E-state index is 0.0415. The fraction of sp³-hybridized carbons (Fsp3) is 0.722. The minimum Gasteiger partial charge on any atom is -0.480 e. The lowest BCUT2D eigenvalue weighted by molar-refractivity contribution is -0.149. The summed E-state index contributed by atoms with van der Waals surface area (Å²) in [6.07, 6.45) is 3.94. The van der Waals surface area contributed by atoms with E-state index in [1.807, 2.05) is 5.38 Å². The fourth-order valence-corrected chi connectivity index (χ4v) is 4.09. The fourth-order valence-electron chi connectivity index (χ4n) is 3.18. The van der Waals surface area contributed by atoms with Gasteiger partial charge >= 0.3 is 5.97 Å². The lowest BCUT2D eigenvalue weighted by Gasteiger charge is -2.37. The number of rotatable bonds is 5. The highest BCUT2D eigenvalue weighted by atomic mass is 32.1. The van der Waals surface area contributed by atoms with Crippen LogP contribution in [0.5, 0.6) is 0 Å². The number of amides is 1. The number of hydrogen-bond acceptors (Lipinski definition) is 4. The first-order chi connectivity index (χ1) is 11.2. The van der Waals surface area contributed by atoms with Gasteiger partial charge in [-0.1, -0.05) is 34.1 Å². The molecule has 1 fully saturated rings. The van der Waals surface area contributed by atoms with Gasteiger partial charge in [0.15, 0.2) is 0 Å². The van der Waals surface area contributed by atoms with Crippen molar-refractivity contribution in [2.45, 2.75) is 77.2 Å². The first-order valence-electron chi connectivity index (χ1n) is 8.65. The van der Waals surface area contributed by atoms with Crippen LogP contribution in [-0.2, 0) is 21.4 Å². The molecule has 134 valence electrons. The summed E-state index contributed by atoms with van der Waals surface area (Å²) in [5, 5.41) is 15.3. The molecule has 1 amide bonds. The van der Waals surface area contributed by atoms with E-state index in [4.69, 9.17) is 0 Å². The summed E-state index contributed by atoms with van der Waals surface area (Å²) in [7, 11) is 0. The molecule has 0 aliphatic heterocycles. The second-order valence-electron chi connectivity index (χ2n) is 7.86. The molecule has 6 heteroatoms. The Bertz CT molecular complexity index is 596. The first-order valence-corrected chi connectivity index (χ1v) is 9.53. The first kappa shape index (κ1) is 18.9. The normalized spacial score (nSPS) is 24.6. The Morgan fingerprint density at radius 3 is 2.46 bits per heavy atom. The van der Waals surface area contributed by atoms with Gasteiger partial charge in [-0.3, -0.25) is 4.79 Å². The second kappa shape index (κ2) is 7.21. The topological polar surface area (TPSA) is 79.3 Å². The number of hydrogen-bond donors (Lipinski definition) is 2. The summed E-state index contributed by atoms with van der Waals surface area (Å²) in [5.74, 6) is -0.598. The molecule has 24 heavy (non-hydrogen) atoms. The van der Waals surface area contributed by atoms with Crippen LogP contribution < -0.4 is 5.32 Å². The summed E-state index contributed by atoms with van der Waals surface area (Å²) in [6.45, 7) is 8.38. The van der Waals surface area contributed by atoms with Gasteiger partial charge in [-0.2, -0.15) is 0 Å². The molecule has 0 atom stereocenters. The van der Waals surface area contributed by atoms with Crippen LogP contribution in [0.3, 0.4) is 0 Å². The number of aromatic nitrogens is 1. The van der Waals surface area contributed by atoms with Crippen LogP contribution in [0.15, 0.2) is 5.38 Å². The van der Waals surface area contributed by atoms with E-state index in [1.54, 1.807) is 11.3 Å². The molecular formula is C18H28N2O3S. The summed E-state index contributed by atoms with van der Waals surface area (Å²) in [6, 6.07) is 0. The highest BCUT2D eigenvalue weighted by Gasteiger charge is 2.42. The number of nitrogens with one attached hydrogen (secondary N) is 1. The molecule has 0 bridgehead atoms. The lowest BCUT2D eigenvalue weighted by atomic mass is 9.75. The monoisotopic (exact) mass is 352 g/mol. The Labute approximate surface area is 147 Å². The number of carbonyl (C=O) groups excluding carboxylic acids is 1. The van der Waals surface area contributed by atoms with Crippen LogP contribution in [0.2, 0.25) is 0 Å². The predicted molar refractivity (Wildman–Crippen MR) is 95.3 cm³/mol. The quantitative estimate of drug-likeness (QED) is 0.850. The maximum Gasteiger partial charge on any atom is 0.329 e. The zero-order valence-electron chi connectivity index (χ0n) is 15.0. The van der Waals surface area contributed by atoms with Crippen molar-refractivity contribution < 1.29 is 14.7 Å². The largest absolute Gasteiger partial charge is 0.480 e. The van der Waals surface area contributed by atoms with Crippen molar-refractivity contribution in [1.82, 2.24) is 10.3 Å². The van der Waals surface area contributed by atoms with Gasteiger partial charge < -0.3 is 10.4 Å². The van der Waals surface area contributed by atoms with Crippen LogP contribution >= 0.6 is 11.3 Å². The third-order valence-corrected chi connectivity index (χ3v) is 6.18. The van der Waals surface area contributed by atoms with Crippen LogP contribution in [0, 0.1) is 5.92 Å². The van der Waals surface area contributed by atoms with Crippen molar-refractivity contribution in [2.75, 3.05) is 0 Å².